The summed E-state index contributed by atoms with van der Waals surface area (Å²) in [4.78, 5) is 0. The molecule has 2 unspecified atom stereocenters. The molecule has 3 fully saturated rings. The molecule has 0 aromatic rings. The minimum atomic E-state index is 0.571. The molecule has 0 radical (unpaired) electrons. The first-order chi connectivity index (χ1) is 4.59. The van der Waals surface area contributed by atoms with E-state index in [2.05, 4.69) is 36.4 Å². The smallest absolute Gasteiger partial charge is 0.0199 e. The summed E-state index contributed by atoms with van der Waals surface area (Å²) in [5, 5.41) is 0. The SMILES string of the molecule is CC(C)(I)C1C2CCC1C2. The van der Waals surface area contributed by atoms with Crippen LogP contribution in [0.2, 0.25) is 0 Å². The van der Waals surface area contributed by atoms with Gasteiger partial charge in [-0.3, -0.25) is 0 Å². The third-order valence-electron chi connectivity index (χ3n) is 3.32. The third-order valence-corrected chi connectivity index (χ3v) is 4.04. The van der Waals surface area contributed by atoms with E-state index in [1.165, 1.54) is 12.8 Å². The van der Waals surface area contributed by atoms with Gasteiger partial charge in [0, 0.05) is 3.42 Å². The van der Waals surface area contributed by atoms with E-state index in [4.69, 9.17) is 0 Å². The van der Waals surface area contributed by atoms with E-state index >= 15 is 0 Å². The summed E-state index contributed by atoms with van der Waals surface area (Å²) in [5.41, 5.74) is 0. The Morgan fingerprint density at radius 3 is 1.90 bits per heavy atom. The highest BCUT2D eigenvalue weighted by molar-refractivity contribution is 14.1. The lowest BCUT2D eigenvalue weighted by Crippen LogP contribution is -2.40. The number of fused-ring (bicyclic) bond motifs is 1. The lowest BCUT2D eigenvalue weighted by molar-refractivity contribution is 0.129. The standard InChI is InChI=1S/C9H15I/c1-9(2,10)8-6-3-4-7(8)5-6/h6-8H,3-5H2,1-2H3. The van der Waals surface area contributed by atoms with Gasteiger partial charge in [-0.05, 0) is 37.0 Å². The van der Waals surface area contributed by atoms with Gasteiger partial charge in [0.1, 0.15) is 0 Å². The molecule has 3 rings (SSSR count). The molecule has 58 valence electrons. The highest BCUT2D eigenvalue weighted by atomic mass is 127. The Hall–Kier alpha value is 0.730. The van der Waals surface area contributed by atoms with Crippen molar-refractivity contribution >= 4 is 22.6 Å². The third kappa shape index (κ3) is 0.926. The average molecular weight is 250 g/mol. The highest BCUT2D eigenvalue weighted by Gasteiger charge is 2.52. The fourth-order valence-electron chi connectivity index (χ4n) is 3.02. The van der Waals surface area contributed by atoms with Crippen molar-refractivity contribution in [3.05, 3.63) is 0 Å². The number of halogens is 1. The van der Waals surface area contributed by atoms with Gasteiger partial charge >= 0.3 is 0 Å². The second-order valence-corrected chi connectivity index (χ2v) is 7.20. The van der Waals surface area contributed by atoms with Crippen molar-refractivity contribution in [3.8, 4) is 0 Å². The van der Waals surface area contributed by atoms with Crippen LogP contribution in [0, 0.1) is 17.8 Å². The van der Waals surface area contributed by atoms with Crippen LogP contribution >= 0.6 is 22.6 Å². The van der Waals surface area contributed by atoms with Crippen molar-refractivity contribution in [3.63, 3.8) is 0 Å². The summed E-state index contributed by atoms with van der Waals surface area (Å²) in [6.45, 7) is 4.78. The Morgan fingerprint density at radius 2 is 1.70 bits per heavy atom. The molecule has 0 amide bonds. The number of alkyl halides is 1. The van der Waals surface area contributed by atoms with Crippen LogP contribution in [0.5, 0.6) is 0 Å². The normalized spacial score (nSPS) is 45.3. The van der Waals surface area contributed by atoms with Crippen LogP contribution in [0.15, 0.2) is 0 Å². The summed E-state index contributed by atoms with van der Waals surface area (Å²) in [7, 11) is 0. The Labute approximate surface area is 76.9 Å². The molecular formula is C9H15I. The Bertz CT molecular complexity index is 131. The van der Waals surface area contributed by atoms with Gasteiger partial charge in [-0.1, -0.05) is 36.4 Å². The van der Waals surface area contributed by atoms with Crippen molar-refractivity contribution in [1.82, 2.24) is 0 Å². The molecule has 2 atom stereocenters. The molecule has 0 aromatic carbocycles. The zero-order valence-corrected chi connectivity index (χ0v) is 8.89. The quantitative estimate of drug-likeness (QED) is 0.495. The Balaban J connectivity index is 2.09. The molecule has 0 aliphatic heterocycles. The second-order valence-electron chi connectivity index (χ2n) is 4.42. The number of hydrogen-bond acceptors (Lipinski definition) is 0. The maximum Gasteiger partial charge on any atom is 0.0199 e. The summed E-state index contributed by atoms with van der Waals surface area (Å²) < 4.78 is 0.571. The van der Waals surface area contributed by atoms with Crippen LogP contribution < -0.4 is 0 Å². The van der Waals surface area contributed by atoms with E-state index < -0.39 is 0 Å². The molecule has 0 nitrogen and oxygen atoms in total. The largest absolute Gasteiger partial charge is 0.0792 e. The van der Waals surface area contributed by atoms with E-state index in [1.54, 1.807) is 6.42 Å². The minimum absolute atomic E-state index is 0.571. The topological polar surface area (TPSA) is 0 Å². The fourth-order valence-corrected chi connectivity index (χ4v) is 4.03. The summed E-state index contributed by atoms with van der Waals surface area (Å²) in [5.74, 6) is 3.28. The van der Waals surface area contributed by atoms with Crippen LogP contribution in [0.3, 0.4) is 0 Å². The maximum atomic E-state index is 2.62. The van der Waals surface area contributed by atoms with E-state index in [9.17, 15) is 0 Å². The lowest BCUT2D eigenvalue weighted by atomic mass is 9.67. The molecule has 3 aliphatic carbocycles. The first kappa shape index (κ1) is 7.38. The molecule has 0 heterocycles. The summed E-state index contributed by atoms with van der Waals surface area (Å²) in [6.07, 6.45) is 4.61. The molecular weight excluding hydrogens is 235 g/mol. The van der Waals surface area contributed by atoms with Gasteiger partial charge in [-0.25, -0.2) is 0 Å². The average Bonchev–Trinajstić information content (AvgIpc) is 2.08. The van der Waals surface area contributed by atoms with E-state index in [1.807, 2.05) is 0 Å². The molecule has 2 bridgehead atoms. The van der Waals surface area contributed by atoms with E-state index in [-0.39, 0.29) is 0 Å². The van der Waals surface area contributed by atoms with E-state index in [0.717, 1.165) is 17.8 Å². The number of rotatable bonds is 1. The molecule has 3 aliphatic rings. The van der Waals surface area contributed by atoms with Crippen LogP contribution in [0.25, 0.3) is 0 Å². The van der Waals surface area contributed by atoms with Crippen LogP contribution in [0.1, 0.15) is 33.1 Å². The van der Waals surface area contributed by atoms with Gasteiger partial charge in [0.25, 0.3) is 0 Å². The summed E-state index contributed by atoms with van der Waals surface area (Å²) in [6, 6.07) is 0. The van der Waals surface area contributed by atoms with E-state index in [0.29, 0.717) is 3.42 Å². The van der Waals surface area contributed by atoms with Crippen LogP contribution in [-0.4, -0.2) is 3.42 Å². The van der Waals surface area contributed by atoms with Crippen molar-refractivity contribution < 1.29 is 0 Å². The van der Waals surface area contributed by atoms with Gasteiger partial charge in [-0.15, -0.1) is 0 Å². The monoisotopic (exact) mass is 250 g/mol. The van der Waals surface area contributed by atoms with Crippen molar-refractivity contribution in [2.75, 3.05) is 0 Å². The second kappa shape index (κ2) is 2.11. The Morgan fingerprint density at radius 1 is 1.20 bits per heavy atom. The lowest BCUT2D eigenvalue weighted by Gasteiger charge is -2.44. The zero-order valence-electron chi connectivity index (χ0n) is 6.73. The van der Waals surface area contributed by atoms with Gasteiger partial charge in [-0.2, -0.15) is 0 Å². The number of hydrogen-bond donors (Lipinski definition) is 0. The van der Waals surface area contributed by atoms with Crippen molar-refractivity contribution in [2.24, 2.45) is 17.8 Å². The first-order valence-corrected chi connectivity index (χ1v) is 5.36. The maximum absolute atomic E-state index is 2.62. The van der Waals surface area contributed by atoms with Crippen LogP contribution in [0.4, 0.5) is 0 Å². The highest BCUT2D eigenvalue weighted by Crippen LogP contribution is 2.59. The molecule has 0 N–H and O–H groups in total. The van der Waals surface area contributed by atoms with Gasteiger partial charge in [0.15, 0.2) is 0 Å². The fraction of sp³-hybridized carbons (Fsp3) is 1.00. The molecule has 0 saturated heterocycles. The molecule has 1 heteroatoms. The zero-order chi connectivity index (χ0) is 7.35. The summed E-state index contributed by atoms with van der Waals surface area (Å²) >= 11 is 2.62. The van der Waals surface area contributed by atoms with Crippen molar-refractivity contribution in [2.45, 2.75) is 36.5 Å². The van der Waals surface area contributed by atoms with Gasteiger partial charge in [0.05, 0.1) is 0 Å². The van der Waals surface area contributed by atoms with Crippen LogP contribution in [-0.2, 0) is 0 Å². The molecule has 0 aromatic heterocycles. The van der Waals surface area contributed by atoms with Crippen molar-refractivity contribution in [1.29, 1.82) is 0 Å². The van der Waals surface area contributed by atoms with Gasteiger partial charge in [0.2, 0.25) is 0 Å². The first-order valence-electron chi connectivity index (χ1n) is 4.28. The molecule has 3 saturated carbocycles. The minimum Gasteiger partial charge on any atom is -0.0792 e. The molecule has 0 spiro atoms. The van der Waals surface area contributed by atoms with Gasteiger partial charge < -0.3 is 0 Å². The molecule has 10 heavy (non-hydrogen) atoms. The predicted octanol–water partition coefficient (Wildman–Crippen LogP) is 3.25. The predicted molar refractivity (Wildman–Crippen MR) is 52.4 cm³/mol. The Kier molecular flexibility index (Phi) is 1.56.